The van der Waals surface area contributed by atoms with Crippen molar-refractivity contribution in [2.24, 2.45) is 0 Å². The van der Waals surface area contributed by atoms with Crippen LogP contribution in [-0.2, 0) is 6.54 Å². The van der Waals surface area contributed by atoms with Gasteiger partial charge >= 0.3 is 0 Å². The van der Waals surface area contributed by atoms with Crippen LogP contribution < -0.4 is 20.1 Å². The van der Waals surface area contributed by atoms with Gasteiger partial charge in [-0.05, 0) is 37.1 Å². The Balaban J connectivity index is 1.47. The zero-order valence-corrected chi connectivity index (χ0v) is 16.3. The fraction of sp³-hybridized carbons (Fsp3) is 0.286. The number of benzene rings is 2. The summed E-state index contributed by atoms with van der Waals surface area (Å²) in [6.45, 7) is 0.291. The first-order valence-electron chi connectivity index (χ1n) is 9.36. The minimum Gasteiger partial charge on any atom is -0.497 e. The summed E-state index contributed by atoms with van der Waals surface area (Å²) < 4.78 is 16.0. The molecule has 3 aromatic rings. The molecule has 1 aliphatic rings. The molecule has 1 aromatic heterocycles. The van der Waals surface area contributed by atoms with Gasteiger partial charge in [0.05, 0.1) is 31.9 Å². The summed E-state index contributed by atoms with van der Waals surface area (Å²) in [5.41, 5.74) is 2.01. The largest absolute Gasteiger partial charge is 0.497 e. The first kappa shape index (κ1) is 18.8. The topological polar surface area (TPSA) is 98.5 Å². The number of hydrogen-bond donors (Lipinski definition) is 2. The number of hydrogen-bond acceptors (Lipinski definition) is 7. The number of carbonyl (C=O) groups excluding carboxylic acids is 1. The average molecular weight is 394 g/mol. The zero-order valence-electron chi connectivity index (χ0n) is 16.3. The molecule has 150 valence electrons. The van der Waals surface area contributed by atoms with Crippen LogP contribution in [0.15, 0.2) is 47.0 Å². The summed E-state index contributed by atoms with van der Waals surface area (Å²) in [7, 11) is 3.17. The van der Waals surface area contributed by atoms with Crippen LogP contribution in [0.4, 0.5) is 5.69 Å². The van der Waals surface area contributed by atoms with E-state index in [1.807, 2.05) is 24.3 Å². The van der Waals surface area contributed by atoms with Crippen LogP contribution in [0.5, 0.6) is 11.5 Å². The van der Waals surface area contributed by atoms with Crippen LogP contribution in [0.2, 0.25) is 0 Å². The Morgan fingerprint density at radius 2 is 2.00 bits per heavy atom. The third-order valence-electron chi connectivity index (χ3n) is 4.63. The molecule has 1 fully saturated rings. The van der Waals surface area contributed by atoms with E-state index < -0.39 is 0 Å². The standard InChI is InChI=1S/C21H22N4O4/c1-27-14-9-10-16(18(11-14)28-2)20-24-19(29-25-20)12-22-17-6-4-3-5-15(17)21(26)23-13-7-8-13/h3-6,9-11,13,22H,7-8,12H2,1-2H3,(H,23,26). The summed E-state index contributed by atoms with van der Waals surface area (Å²) >= 11 is 0. The van der Waals surface area contributed by atoms with Crippen molar-refractivity contribution < 1.29 is 18.8 Å². The Labute approximate surface area is 168 Å². The SMILES string of the molecule is COc1ccc(-c2noc(CNc3ccccc3C(=O)NC3CC3)n2)c(OC)c1. The quantitative estimate of drug-likeness (QED) is 0.605. The minimum absolute atomic E-state index is 0.0789. The normalized spacial score (nSPS) is 13.0. The number of carbonyl (C=O) groups is 1. The van der Waals surface area contributed by atoms with Gasteiger partial charge in [0.2, 0.25) is 11.7 Å². The number of rotatable bonds is 8. The van der Waals surface area contributed by atoms with Gasteiger partial charge in [-0.3, -0.25) is 4.79 Å². The van der Waals surface area contributed by atoms with E-state index in [1.165, 1.54) is 0 Å². The maximum Gasteiger partial charge on any atom is 0.253 e. The van der Waals surface area contributed by atoms with E-state index in [1.54, 1.807) is 32.4 Å². The molecule has 8 heteroatoms. The number of anilines is 1. The van der Waals surface area contributed by atoms with Crippen LogP contribution in [-0.4, -0.2) is 36.3 Å². The zero-order chi connectivity index (χ0) is 20.2. The highest BCUT2D eigenvalue weighted by atomic mass is 16.5. The van der Waals surface area contributed by atoms with Gasteiger partial charge in [-0.2, -0.15) is 4.98 Å². The van der Waals surface area contributed by atoms with Crippen molar-refractivity contribution in [2.75, 3.05) is 19.5 Å². The summed E-state index contributed by atoms with van der Waals surface area (Å²) in [6.07, 6.45) is 2.09. The summed E-state index contributed by atoms with van der Waals surface area (Å²) in [6, 6.07) is 13.0. The second kappa shape index (κ2) is 8.22. The molecule has 1 heterocycles. The maximum absolute atomic E-state index is 12.4. The van der Waals surface area contributed by atoms with Crippen molar-refractivity contribution >= 4 is 11.6 Å². The monoisotopic (exact) mass is 394 g/mol. The number of aromatic nitrogens is 2. The molecule has 0 saturated heterocycles. The molecule has 1 amide bonds. The highest BCUT2D eigenvalue weighted by Gasteiger charge is 2.24. The van der Waals surface area contributed by atoms with Crippen molar-refractivity contribution in [3.8, 4) is 22.9 Å². The van der Waals surface area contributed by atoms with Gasteiger partial charge in [-0.25, -0.2) is 0 Å². The van der Waals surface area contributed by atoms with E-state index >= 15 is 0 Å². The Hall–Kier alpha value is -3.55. The molecular weight excluding hydrogens is 372 g/mol. The van der Waals surface area contributed by atoms with Crippen LogP contribution in [0.3, 0.4) is 0 Å². The Morgan fingerprint density at radius 3 is 2.76 bits per heavy atom. The summed E-state index contributed by atoms with van der Waals surface area (Å²) in [5.74, 6) is 2.00. The molecule has 29 heavy (non-hydrogen) atoms. The number of para-hydroxylation sites is 1. The Morgan fingerprint density at radius 1 is 1.17 bits per heavy atom. The van der Waals surface area contributed by atoms with E-state index in [-0.39, 0.29) is 5.91 Å². The van der Waals surface area contributed by atoms with E-state index in [4.69, 9.17) is 14.0 Å². The van der Waals surface area contributed by atoms with Gasteiger partial charge in [0.1, 0.15) is 11.5 Å². The van der Waals surface area contributed by atoms with Gasteiger partial charge in [0.15, 0.2) is 0 Å². The third kappa shape index (κ3) is 4.31. The van der Waals surface area contributed by atoms with Crippen LogP contribution in [0, 0.1) is 0 Å². The van der Waals surface area contributed by atoms with Crippen molar-refractivity contribution in [1.82, 2.24) is 15.5 Å². The molecule has 0 spiro atoms. The fourth-order valence-corrected chi connectivity index (χ4v) is 2.92. The van der Waals surface area contributed by atoms with E-state index in [0.717, 1.165) is 12.8 Å². The Kier molecular flexibility index (Phi) is 5.33. The molecule has 1 saturated carbocycles. The third-order valence-corrected chi connectivity index (χ3v) is 4.63. The van der Waals surface area contributed by atoms with Crippen molar-refractivity contribution in [2.45, 2.75) is 25.4 Å². The minimum atomic E-state index is -0.0789. The van der Waals surface area contributed by atoms with Crippen LogP contribution >= 0.6 is 0 Å². The van der Waals surface area contributed by atoms with Gasteiger partial charge < -0.3 is 24.6 Å². The van der Waals surface area contributed by atoms with Gasteiger partial charge in [-0.1, -0.05) is 17.3 Å². The van der Waals surface area contributed by atoms with Gasteiger partial charge in [0, 0.05) is 17.8 Å². The summed E-state index contributed by atoms with van der Waals surface area (Å²) in [4.78, 5) is 16.8. The molecule has 4 rings (SSSR count). The second-order valence-corrected chi connectivity index (χ2v) is 6.72. The molecular formula is C21H22N4O4. The van der Waals surface area contributed by atoms with Crippen LogP contribution in [0.25, 0.3) is 11.4 Å². The lowest BCUT2D eigenvalue weighted by Gasteiger charge is -2.10. The van der Waals surface area contributed by atoms with Crippen molar-refractivity contribution in [3.63, 3.8) is 0 Å². The van der Waals surface area contributed by atoms with E-state index in [0.29, 0.717) is 52.6 Å². The molecule has 0 aliphatic heterocycles. The molecule has 0 unspecified atom stereocenters. The van der Waals surface area contributed by atoms with Crippen molar-refractivity contribution in [3.05, 3.63) is 53.9 Å². The lowest BCUT2D eigenvalue weighted by atomic mass is 10.1. The highest BCUT2D eigenvalue weighted by molar-refractivity contribution is 5.99. The average Bonchev–Trinajstić information content (AvgIpc) is 3.45. The predicted molar refractivity (Wildman–Crippen MR) is 107 cm³/mol. The lowest BCUT2D eigenvalue weighted by molar-refractivity contribution is 0.0952. The highest BCUT2D eigenvalue weighted by Crippen LogP contribution is 2.31. The van der Waals surface area contributed by atoms with Gasteiger partial charge in [-0.15, -0.1) is 0 Å². The number of ether oxygens (including phenoxy) is 2. The number of nitrogens with one attached hydrogen (secondary N) is 2. The fourth-order valence-electron chi connectivity index (χ4n) is 2.92. The first-order valence-corrected chi connectivity index (χ1v) is 9.36. The molecule has 2 N–H and O–H groups in total. The summed E-state index contributed by atoms with van der Waals surface area (Å²) in [5, 5.41) is 10.3. The molecule has 8 nitrogen and oxygen atoms in total. The maximum atomic E-state index is 12.4. The number of amides is 1. The molecule has 1 aliphatic carbocycles. The molecule has 0 radical (unpaired) electrons. The Bertz CT molecular complexity index is 1010. The van der Waals surface area contributed by atoms with E-state index in [9.17, 15) is 4.79 Å². The van der Waals surface area contributed by atoms with Crippen LogP contribution in [0.1, 0.15) is 29.1 Å². The molecule has 0 bridgehead atoms. The predicted octanol–water partition coefficient (Wildman–Crippen LogP) is 3.26. The van der Waals surface area contributed by atoms with Crippen molar-refractivity contribution in [1.29, 1.82) is 0 Å². The van der Waals surface area contributed by atoms with E-state index in [2.05, 4.69) is 20.8 Å². The molecule has 0 atom stereocenters. The second-order valence-electron chi connectivity index (χ2n) is 6.72. The smallest absolute Gasteiger partial charge is 0.253 e. The molecule has 2 aromatic carbocycles. The lowest BCUT2D eigenvalue weighted by Crippen LogP contribution is -2.26. The number of methoxy groups -OCH3 is 2. The first-order chi connectivity index (χ1) is 14.2. The number of nitrogens with zero attached hydrogens (tertiary/aromatic N) is 2. The van der Waals surface area contributed by atoms with Gasteiger partial charge in [0.25, 0.3) is 5.91 Å².